The molecule has 4 aromatic rings. The van der Waals surface area contributed by atoms with Crippen LogP contribution < -0.4 is 5.56 Å². The van der Waals surface area contributed by atoms with Crippen molar-refractivity contribution in [2.75, 3.05) is 0 Å². The second-order valence-corrected chi connectivity index (χ2v) is 7.57. The number of nitrogens with zero attached hydrogens (tertiary/aromatic N) is 4. The molecule has 11 heteroatoms. The lowest BCUT2D eigenvalue weighted by molar-refractivity contribution is -0.137. The van der Waals surface area contributed by atoms with E-state index in [0.717, 1.165) is 21.4 Å². The van der Waals surface area contributed by atoms with Gasteiger partial charge in [0.05, 0.1) is 12.1 Å². The van der Waals surface area contributed by atoms with Gasteiger partial charge >= 0.3 is 6.18 Å². The molecule has 0 spiro atoms. The Balaban J connectivity index is 1.83. The number of aromatic nitrogens is 4. The van der Waals surface area contributed by atoms with Gasteiger partial charge in [0.25, 0.3) is 5.56 Å². The van der Waals surface area contributed by atoms with E-state index in [1.165, 1.54) is 29.7 Å². The summed E-state index contributed by atoms with van der Waals surface area (Å²) in [6, 6.07) is 4.18. The quantitative estimate of drug-likeness (QED) is 0.536. The molecule has 4 rings (SSSR count). The summed E-state index contributed by atoms with van der Waals surface area (Å²) in [4.78, 5) is 21.6. The first-order chi connectivity index (χ1) is 13.2. The van der Waals surface area contributed by atoms with E-state index in [-0.39, 0.29) is 16.9 Å². The van der Waals surface area contributed by atoms with Crippen LogP contribution in [0.15, 0.2) is 47.7 Å². The van der Waals surface area contributed by atoms with Crippen LogP contribution in [0.5, 0.6) is 5.88 Å². The maximum Gasteiger partial charge on any atom is 0.416 e. The zero-order valence-electron chi connectivity index (χ0n) is 13.8. The predicted octanol–water partition coefficient (Wildman–Crippen LogP) is 4.05. The van der Waals surface area contributed by atoms with Crippen LogP contribution in [0.3, 0.4) is 0 Å². The standard InChI is InChI=1S/C17H10ClF3N4O2S/c18-15-22-7-11(28-15)8-24-4-5-25-14(27)12(13(26)23-16(24)25)9-2-1-3-10(6-9)17(19,20)21/h1-7,26H,8H2. The second-order valence-electron chi connectivity index (χ2n) is 5.87. The lowest BCUT2D eigenvalue weighted by atomic mass is 10.0. The maximum absolute atomic E-state index is 13.0. The van der Waals surface area contributed by atoms with E-state index in [0.29, 0.717) is 11.0 Å². The minimum atomic E-state index is -4.57. The van der Waals surface area contributed by atoms with Gasteiger partial charge in [-0.3, -0.25) is 9.20 Å². The number of fused-ring (bicyclic) bond motifs is 1. The zero-order valence-corrected chi connectivity index (χ0v) is 15.4. The van der Waals surface area contributed by atoms with E-state index in [1.807, 2.05) is 0 Å². The van der Waals surface area contributed by atoms with E-state index < -0.39 is 23.2 Å². The number of aromatic hydroxyl groups is 1. The molecule has 6 nitrogen and oxygen atoms in total. The maximum atomic E-state index is 13.0. The fourth-order valence-electron chi connectivity index (χ4n) is 2.81. The van der Waals surface area contributed by atoms with Gasteiger partial charge in [-0.25, -0.2) is 4.98 Å². The highest BCUT2D eigenvalue weighted by Crippen LogP contribution is 2.33. The third kappa shape index (κ3) is 3.25. The Morgan fingerprint density at radius 1 is 1.25 bits per heavy atom. The van der Waals surface area contributed by atoms with Crippen LogP contribution in [0.25, 0.3) is 16.9 Å². The van der Waals surface area contributed by atoms with Gasteiger partial charge in [-0.05, 0) is 17.7 Å². The molecular weight excluding hydrogens is 417 g/mol. The van der Waals surface area contributed by atoms with Gasteiger partial charge < -0.3 is 9.67 Å². The molecule has 0 saturated heterocycles. The Hall–Kier alpha value is -2.85. The second kappa shape index (κ2) is 6.64. The van der Waals surface area contributed by atoms with Crippen molar-refractivity contribution in [2.24, 2.45) is 0 Å². The van der Waals surface area contributed by atoms with E-state index in [2.05, 4.69) is 9.97 Å². The lowest BCUT2D eigenvalue weighted by Crippen LogP contribution is -2.17. The highest BCUT2D eigenvalue weighted by atomic mass is 35.5. The van der Waals surface area contributed by atoms with Gasteiger partial charge in [0.1, 0.15) is 5.56 Å². The molecule has 0 amide bonds. The summed E-state index contributed by atoms with van der Waals surface area (Å²) in [7, 11) is 0. The molecule has 28 heavy (non-hydrogen) atoms. The molecule has 0 aliphatic carbocycles. The Morgan fingerprint density at radius 3 is 2.71 bits per heavy atom. The summed E-state index contributed by atoms with van der Waals surface area (Å²) in [5.74, 6) is -0.505. The fraction of sp³-hybridized carbons (Fsp3) is 0.118. The molecular formula is C17H10ClF3N4O2S. The number of imidazole rings is 1. The highest BCUT2D eigenvalue weighted by Gasteiger charge is 2.31. The smallest absolute Gasteiger partial charge is 0.416 e. The minimum Gasteiger partial charge on any atom is -0.493 e. The van der Waals surface area contributed by atoms with Crippen molar-refractivity contribution >= 4 is 28.7 Å². The summed E-state index contributed by atoms with van der Waals surface area (Å²) >= 11 is 7.07. The van der Waals surface area contributed by atoms with Crippen LogP contribution in [0.2, 0.25) is 4.47 Å². The summed E-state index contributed by atoms with van der Waals surface area (Å²) in [6.07, 6.45) is 0.0216. The number of rotatable bonds is 3. The molecule has 3 heterocycles. The fourth-order valence-corrected chi connectivity index (χ4v) is 3.79. The normalized spacial score (nSPS) is 12.0. The van der Waals surface area contributed by atoms with Crippen LogP contribution in [-0.2, 0) is 12.7 Å². The van der Waals surface area contributed by atoms with E-state index in [9.17, 15) is 23.1 Å². The number of hydrogen-bond donors (Lipinski definition) is 1. The van der Waals surface area contributed by atoms with Crippen LogP contribution in [0.4, 0.5) is 13.2 Å². The number of hydrogen-bond acceptors (Lipinski definition) is 5. The molecule has 0 aliphatic rings. The first kappa shape index (κ1) is 18.5. The van der Waals surface area contributed by atoms with Crippen molar-refractivity contribution in [3.8, 4) is 17.0 Å². The monoisotopic (exact) mass is 426 g/mol. The number of alkyl halides is 3. The van der Waals surface area contributed by atoms with Crippen molar-refractivity contribution in [2.45, 2.75) is 12.7 Å². The van der Waals surface area contributed by atoms with Crippen molar-refractivity contribution in [3.63, 3.8) is 0 Å². The van der Waals surface area contributed by atoms with Gasteiger partial charge in [-0.15, -0.1) is 11.3 Å². The van der Waals surface area contributed by atoms with Gasteiger partial charge in [-0.1, -0.05) is 23.7 Å². The summed E-state index contributed by atoms with van der Waals surface area (Å²) in [6.45, 7) is 0.315. The van der Waals surface area contributed by atoms with E-state index >= 15 is 0 Å². The topological polar surface area (TPSA) is 72.4 Å². The first-order valence-electron chi connectivity index (χ1n) is 7.82. The molecule has 0 unspecified atom stereocenters. The third-order valence-corrected chi connectivity index (χ3v) is 5.16. The number of thiazole rings is 1. The lowest BCUT2D eigenvalue weighted by Gasteiger charge is -2.10. The van der Waals surface area contributed by atoms with Crippen LogP contribution in [0.1, 0.15) is 10.4 Å². The van der Waals surface area contributed by atoms with Crippen molar-refractivity contribution in [1.29, 1.82) is 0 Å². The third-order valence-electron chi connectivity index (χ3n) is 4.06. The molecule has 0 atom stereocenters. The Kier molecular flexibility index (Phi) is 4.39. The van der Waals surface area contributed by atoms with Crippen LogP contribution in [0, 0.1) is 0 Å². The Morgan fingerprint density at radius 2 is 2.04 bits per heavy atom. The van der Waals surface area contributed by atoms with E-state index in [1.54, 1.807) is 17.0 Å². The highest BCUT2D eigenvalue weighted by molar-refractivity contribution is 7.15. The zero-order chi connectivity index (χ0) is 20.1. The van der Waals surface area contributed by atoms with Crippen LogP contribution in [-0.4, -0.2) is 24.0 Å². The summed E-state index contributed by atoms with van der Waals surface area (Å²) in [5, 5.41) is 10.3. The summed E-state index contributed by atoms with van der Waals surface area (Å²) in [5.41, 5.74) is -1.97. The van der Waals surface area contributed by atoms with E-state index in [4.69, 9.17) is 11.6 Å². The molecule has 0 aliphatic heterocycles. The molecule has 0 fully saturated rings. The molecule has 144 valence electrons. The minimum absolute atomic E-state index is 0.0683. The molecule has 0 radical (unpaired) electrons. The SMILES string of the molecule is O=c1c(-c2cccc(C(F)(F)F)c2)c(O)nc2n(Cc3cnc(Cl)s3)ccn12. The number of halogens is 4. The predicted molar refractivity (Wildman–Crippen MR) is 97.8 cm³/mol. The number of benzene rings is 1. The Labute approximate surface area is 164 Å². The van der Waals surface area contributed by atoms with Crippen molar-refractivity contribution < 1.29 is 18.3 Å². The van der Waals surface area contributed by atoms with Crippen LogP contribution >= 0.6 is 22.9 Å². The molecule has 0 saturated carbocycles. The van der Waals surface area contributed by atoms with Gasteiger partial charge in [0.2, 0.25) is 11.7 Å². The molecule has 1 N–H and O–H groups in total. The molecule has 1 aromatic carbocycles. The Bertz CT molecular complexity index is 1250. The van der Waals surface area contributed by atoms with Crippen molar-refractivity contribution in [1.82, 2.24) is 18.9 Å². The van der Waals surface area contributed by atoms with Crippen molar-refractivity contribution in [3.05, 3.63) is 68.1 Å². The van der Waals surface area contributed by atoms with Gasteiger partial charge in [-0.2, -0.15) is 18.2 Å². The van der Waals surface area contributed by atoms with Gasteiger partial charge in [0.15, 0.2) is 4.47 Å². The van der Waals surface area contributed by atoms with Gasteiger partial charge in [0, 0.05) is 23.5 Å². The molecule has 0 bridgehead atoms. The molecule has 3 aromatic heterocycles. The summed E-state index contributed by atoms with van der Waals surface area (Å²) < 4.78 is 42.0. The first-order valence-corrected chi connectivity index (χ1v) is 9.02. The largest absolute Gasteiger partial charge is 0.493 e. The average molecular weight is 427 g/mol. The average Bonchev–Trinajstić information content (AvgIpc) is 3.21.